The Kier molecular flexibility index (Phi) is 4.03. The molecule has 2 aromatic rings. The first-order chi connectivity index (χ1) is 10.6. The molecule has 2 aromatic carbocycles. The molecule has 0 saturated carbocycles. The number of aryl methyl sites for hydroxylation is 1. The summed E-state index contributed by atoms with van der Waals surface area (Å²) in [6.45, 7) is 2.50. The summed E-state index contributed by atoms with van der Waals surface area (Å²) in [5.74, 6) is 0. The van der Waals surface area contributed by atoms with Gasteiger partial charge in [0.05, 0.1) is 4.90 Å². The molecule has 22 heavy (non-hydrogen) atoms. The Bertz CT molecular complexity index is 778. The summed E-state index contributed by atoms with van der Waals surface area (Å²) < 4.78 is 27.2. The highest BCUT2D eigenvalue weighted by atomic mass is 32.2. The van der Waals surface area contributed by atoms with Crippen LogP contribution in [-0.2, 0) is 10.0 Å². The van der Waals surface area contributed by atoms with Gasteiger partial charge in [0.1, 0.15) is 0 Å². The molecule has 1 saturated heterocycles. The Morgan fingerprint density at radius 1 is 1.00 bits per heavy atom. The van der Waals surface area contributed by atoms with Crippen LogP contribution in [0.4, 0.5) is 0 Å². The summed E-state index contributed by atoms with van der Waals surface area (Å²) in [5, 5.41) is 0. The summed E-state index contributed by atoms with van der Waals surface area (Å²) in [5.41, 5.74) is 2.95. The average molecular weight is 313 g/mol. The van der Waals surface area contributed by atoms with E-state index in [2.05, 4.69) is 0 Å². The fourth-order valence-electron chi connectivity index (χ4n) is 2.67. The molecule has 1 aliphatic heterocycles. The second kappa shape index (κ2) is 5.97. The minimum atomic E-state index is -3.46. The average Bonchev–Trinajstić information content (AvgIpc) is 2.98. The lowest BCUT2D eigenvalue weighted by Crippen LogP contribution is -2.26. The van der Waals surface area contributed by atoms with Crippen LogP contribution in [0, 0.1) is 6.92 Å². The van der Waals surface area contributed by atoms with Crippen molar-refractivity contribution >= 4 is 16.1 Å². The van der Waals surface area contributed by atoms with Crippen LogP contribution in [0.25, 0.3) is 6.08 Å². The number of hydrogen-bond acceptors (Lipinski definition) is 2. The maximum atomic E-state index is 12.8. The first-order valence-corrected chi connectivity index (χ1v) is 8.86. The zero-order valence-corrected chi connectivity index (χ0v) is 13.4. The Hall–Kier alpha value is -2.07. The lowest BCUT2D eigenvalue weighted by atomic mass is 10.2. The maximum absolute atomic E-state index is 12.8. The van der Waals surface area contributed by atoms with Crippen molar-refractivity contribution in [1.82, 2.24) is 4.31 Å². The van der Waals surface area contributed by atoms with Gasteiger partial charge in [-0.05, 0) is 43.5 Å². The SMILES string of the molecule is Cc1ccc(S(=O)(=O)N2CCC/C2=C/c2ccccc2)cc1. The highest BCUT2D eigenvalue weighted by Crippen LogP contribution is 2.30. The summed E-state index contributed by atoms with van der Waals surface area (Å²) in [4.78, 5) is 0.360. The third kappa shape index (κ3) is 2.92. The minimum absolute atomic E-state index is 0.360. The molecule has 1 heterocycles. The van der Waals surface area contributed by atoms with E-state index in [1.165, 1.54) is 0 Å². The van der Waals surface area contributed by atoms with E-state index in [1.54, 1.807) is 16.4 Å². The standard InChI is InChI=1S/C18H19NO2S/c1-15-9-11-18(12-10-15)22(20,21)19-13-5-8-17(19)14-16-6-3-2-4-7-16/h2-4,6-7,9-12,14H,5,8,13H2,1H3/b17-14-. The topological polar surface area (TPSA) is 37.4 Å². The molecule has 1 fully saturated rings. The van der Waals surface area contributed by atoms with E-state index in [0.717, 1.165) is 29.7 Å². The van der Waals surface area contributed by atoms with Gasteiger partial charge < -0.3 is 0 Å². The molecule has 3 rings (SSSR count). The molecule has 0 unspecified atom stereocenters. The monoisotopic (exact) mass is 313 g/mol. The number of sulfonamides is 1. The van der Waals surface area contributed by atoms with Crippen LogP contribution in [0.2, 0.25) is 0 Å². The molecule has 0 atom stereocenters. The molecule has 1 aliphatic rings. The first kappa shape index (κ1) is 14.9. The van der Waals surface area contributed by atoms with Gasteiger partial charge >= 0.3 is 0 Å². The number of allylic oxidation sites excluding steroid dienone is 1. The first-order valence-electron chi connectivity index (χ1n) is 7.42. The molecule has 3 nitrogen and oxygen atoms in total. The molecule has 0 aliphatic carbocycles. The Morgan fingerprint density at radius 2 is 1.68 bits per heavy atom. The number of hydrogen-bond donors (Lipinski definition) is 0. The van der Waals surface area contributed by atoms with E-state index in [4.69, 9.17) is 0 Å². The zero-order chi connectivity index (χ0) is 15.6. The second-order valence-corrected chi connectivity index (χ2v) is 7.40. The third-order valence-corrected chi connectivity index (χ3v) is 5.72. The van der Waals surface area contributed by atoms with Crippen LogP contribution in [0.15, 0.2) is 65.2 Å². The quantitative estimate of drug-likeness (QED) is 0.864. The zero-order valence-electron chi connectivity index (χ0n) is 12.6. The molecule has 0 amide bonds. The summed E-state index contributed by atoms with van der Waals surface area (Å²) in [6, 6.07) is 16.9. The van der Waals surface area contributed by atoms with Crippen molar-refractivity contribution in [3.05, 3.63) is 71.4 Å². The van der Waals surface area contributed by atoms with Gasteiger partial charge in [-0.1, -0.05) is 48.0 Å². The highest BCUT2D eigenvalue weighted by Gasteiger charge is 2.29. The van der Waals surface area contributed by atoms with Crippen molar-refractivity contribution < 1.29 is 8.42 Å². The van der Waals surface area contributed by atoms with Gasteiger partial charge in [-0.25, -0.2) is 8.42 Å². The van der Waals surface area contributed by atoms with Crippen LogP contribution in [0.3, 0.4) is 0 Å². The summed E-state index contributed by atoms with van der Waals surface area (Å²) in [7, 11) is -3.46. The molecular weight excluding hydrogens is 294 g/mol. The van der Waals surface area contributed by atoms with Gasteiger partial charge in [-0.3, -0.25) is 4.31 Å². The van der Waals surface area contributed by atoms with Crippen molar-refractivity contribution in [2.24, 2.45) is 0 Å². The molecule has 0 bridgehead atoms. The summed E-state index contributed by atoms with van der Waals surface area (Å²) in [6.07, 6.45) is 3.63. The van der Waals surface area contributed by atoms with Crippen molar-refractivity contribution in [3.8, 4) is 0 Å². The van der Waals surface area contributed by atoms with Gasteiger partial charge in [-0.2, -0.15) is 0 Å². The van der Waals surface area contributed by atoms with Crippen LogP contribution in [0.1, 0.15) is 24.0 Å². The fourth-order valence-corrected chi connectivity index (χ4v) is 4.23. The molecule has 0 spiro atoms. The van der Waals surface area contributed by atoms with Gasteiger partial charge in [0.25, 0.3) is 10.0 Å². The molecule has 4 heteroatoms. The Morgan fingerprint density at radius 3 is 2.36 bits per heavy atom. The Labute approximate surface area is 132 Å². The number of nitrogens with zero attached hydrogens (tertiary/aromatic N) is 1. The Balaban J connectivity index is 1.96. The van der Waals surface area contributed by atoms with Crippen molar-refractivity contribution in [2.75, 3.05) is 6.54 Å². The smallest absolute Gasteiger partial charge is 0.264 e. The van der Waals surface area contributed by atoms with Crippen LogP contribution in [0.5, 0.6) is 0 Å². The molecule has 114 valence electrons. The van der Waals surface area contributed by atoms with Gasteiger partial charge in [-0.15, -0.1) is 0 Å². The van der Waals surface area contributed by atoms with Crippen molar-refractivity contribution in [3.63, 3.8) is 0 Å². The molecule has 0 aromatic heterocycles. The third-order valence-electron chi connectivity index (χ3n) is 3.86. The predicted octanol–water partition coefficient (Wildman–Crippen LogP) is 3.82. The van der Waals surface area contributed by atoms with E-state index < -0.39 is 10.0 Å². The summed E-state index contributed by atoms with van der Waals surface area (Å²) >= 11 is 0. The van der Waals surface area contributed by atoms with E-state index in [1.807, 2.05) is 55.5 Å². The van der Waals surface area contributed by atoms with Crippen LogP contribution < -0.4 is 0 Å². The lowest BCUT2D eigenvalue weighted by molar-refractivity contribution is 0.512. The van der Waals surface area contributed by atoms with Crippen molar-refractivity contribution in [1.29, 1.82) is 0 Å². The van der Waals surface area contributed by atoms with E-state index >= 15 is 0 Å². The normalized spacial score (nSPS) is 17.1. The minimum Gasteiger partial charge on any atom is -0.270 e. The largest absolute Gasteiger partial charge is 0.270 e. The molecule has 0 N–H and O–H groups in total. The number of benzene rings is 2. The van der Waals surface area contributed by atoms with E-state index in [-0.39, 0.29) is 0 Å². The van der Waals surface area contributed by atoms with E-state index in [0.29, 0.717) is 11.4 Å². The van der Waals surface area contributed by atoms with Gasteiger partial charge in [0.15, 0.2) is 0 Å². The van der Waals surface area contributed by atoms with Crippen molar-refractivity contribution in [2.45, 2.75) is 24.7 Å². The molecular formula is C18H19NO2S. The second-order valence-electron chi connectivity index (χ2n) is 5.54. The lowest BCUT2D eigenvalue weighted by Gasteiger charge is -2.20. The fraction of sp³-hybridized carbons (Fsp3) is 0.222. The number of rotatable bonds is 3. The molecule has 0 radical (unpaired) electrons. The predicted molar refractivity (Wildman–Crippen MR) is 88.7 cm³/mol. The van der Waals surface area contributed by atoms with Crippen LogP contribution in [-0.4, -0.2) is 19.3 Å². The van der Waals surface area contributed by atoms with Crippen LogP contribution >= 0.6 is 0 Å². The highest BCUT2D eigenvalue weighted by molar-refractivity contribution is 7.89. The maximum Gasteiger partial charge on any atom is 0.264 e. The van der Waals surface area contributed by atoms with Gasteiger partial charge in [0.2, 0.25) is 0 Å². The van der Waals surface area contributed by atoms with Gasteiger partial charge in [0, 0.05) is 12.2 Å². The van der Waals surface area contributed by atoms with E-state index in [9.17, 15) is 8.42 Å².